The molecule has 0 saturated heterocycles. The van der Waals surface area contributed by atoms with Crippen LogP contribution in [0.5, 0.6) is 0 Å². The maximum absolute atomic E-state index is 9.19. The number of likely N-dealkylation sites (N-methyl/N-ethyl adjacent to an activating group) is 1. The van der Waals surface area contributed by atoms with Gasteiger partial charge in [0.2, 0.25) is 0 Å². The summed E-state index contributed by atoms with van der Waals surface area (Å²) in [5.74, 6) is 0. The standard InChI is InChI=1S/C15H19NO2/c1-16(14(10-17)11-18)9-13-7-4-6-12-5-2-3-8-15(12)13/h2-8,14,17-18H,9-11H2,1H3. The molecule has 0 aliphatic carbocycles. The lowest BCUT2D eigenvalue weighted by Crippen LogP contribution is -2.37. The summed E-state index contributed by atoms with van der Waals surface area (Å²) in [5, 5.41) is 20.8. The maximum atomic E-state index is 9.19. The average molecular weight is 245 g/mol. The first-order valence-corrected chi connectivity index (χ1v) is 6.15. The van der Waals surface area contributed by atoms with Gasteiger partial charge in [0, 0.05) is 6.54 Å². The third-order valence-electron chi connectivity index (χ3n) is 3.34. The van der Waals surface area contributed by atoms with Crippen LogP contribution >= 0.6 is 0 Å². The Balaban J connectivity index is 2.26. The van der Waals surface area contributed by atoms with E-state index in [-0.39, 0.29) is 19.3 Å². The van der Waals surface area contributed by atoms with E-state index in [1.807, 2.05) is 30.1 Å². The van der Waals surface area contributed by atoms with Crippen LogP contribution in [0.15, 0.2) is 42.5 Å². The zero-order valence-electron chi connectivity index (χ0n) is 10.6. The van der Waals surface area contributed by atoms with E-state index in [9.17, 15) is 10.2 Å². The Kier molecular flexibility index (Phi) is 4.31. The Bertz CT molecular complexity index is 503. The highest BCUT2D eigenvalue weighted by Crippen LogP contribution is 2.20. The average Bonchev–Trinajstić information content (AvgIpc) is 2.40. The first-order chi connectivity index (χ1) is 8.76. The lowest BCUT2D eigenvalue weighted by molar-refractivity contribution is 0.0876. The van der Waals surface area contributed by atoms with Gasteiger partial charge < -0.3 is 10.2 Å². The monoisotopic (exact) mass is 245 g/mol. The highest BCUT2D eigenvalue weighted by Gasteiger charge is 2.13. The molecule has 0 bridgehead atoms. The van der Waals surface area contributed by atoms with E-state index < -0.39 is 0 Å². The van der Waals surface area contributed by atoms with Gasteiger partial charge >= 0.3 is 0 Å². The van der Waals surface area contributed by atoms with Crippen molar-refractivity contribution in [2.75, 3.05) is 20.3 Å². The van der Waals surface area contributed by atoms with Gasteiger partial charge in [-0.25, -0.2) is 0 Å². The van der Waals surface area contributed by atoms with Gasteiger partial charge in [0.15, 0.2) is 0 Å². The lowest BCUT2D eigenvalue weighted by atomic mass is 10.0. The molecule has 0 saturated carbocycles. The molecule has 0 radical (unpaired) electrons. The van der Waals surface area contributed by atoms with E-state index in [4.69, 9.17) is 0 Å². The fourth-order valence-corrected chi connectivity index (χ4v) is 2.16. The van der Waals surface area contributed by atoms with Crippen LogP contribution in [0.4, 0.5) is 0 Å². The predicted octanol–water partition coefficient (Wildman–Crippen LogP) is 1.62. The van der Waals surface area contributed by atoms with Crippen LogP contribution in [0.3, 0.4) is 0 Å². The van der Waals surface area contributed by atoms with Crippen molar-refractivity contribution >= 4 is 10.8 Å². The van der Waals surface area contributed by atoms with Crippen molar-refractivity contribution in [3.8, 4) is 0 Å². The zero-order chi connectivity index (χ0) is 13.0. The number of benzene rings is 2. The summed E-state index contributed by atoms with van der Waals surface area (Å²) >= 11 is 0. The minimum absolute atomic E-state index is 0.0300. The smallest absolute Gasteiger partial charge is 0.0609 e. The molecule has 2 rings (SSSR count). The number of aliphatic hydroxyl groups excluding tert-OH is 2. The molecule has 2 aromatic rings. The molecule has 2 aromatic carbocycles. The van der Waals surface area contributed by atoms with Gasteiger partial charge in [0.1, 0.15) is 0 Å². The molecule has 0 amide bonds. The molecule has 18 heavy (non-hydrogen) atoms. The minimum atomic E-state index is -0.205. The summed E-state index contributed by atoms with van der Waals surface area (Å²) in [4.78, 5) is 1.97. The number of fused-ring (bicyclic) bond motifs is 1. The largest absolute Gasteiger partial charge is 0.395 e. The summed E-state index contributed by atoms with van der Waals surface area (Å²) in [7, 11) is 1.92. The van der Waals surface area contributed by atoms with Gasteiger partial charge in [-0.1, -0.05) is 42.5 Å². The van der Waals surface area contributed by atoms with Crippen molar-refractivity contribution < 1.29 is 10.2 Å². The van der Waals surface area contributed by atoms with Crippen molar-refractivity contribution in [3.63, 3.8) is 0 Å². The second kappa shape index (κ2) is 5.96. The van der Waals surface area contributed by atoms with E-state index in [2.05, 4.69) is 24.3 Å². The molecule has 0 aliphatic heterocycles. The van der Waals surface area contributed by atoms with E-state index in [0.29, 0.717) is 6.54 Å². The number of hydrogen-bond donors (Lipinski definition) is 2. The van der Waals surface area contributed by atoms with Gasteiger partial charge in [0.05, 0.1) is 19.3 Å². The SMILES string of the molecule is CN(Cc1cccc2ccccc12)C(CO)CO. The van der Waals surface area contributed by atoms with Crippen LogP contribution in [-0.2, 0) is 6.54 Å². The topological polar surface area (TPSA) is 43.7 Å². The van der Waals surface area contributed by atoms with Gasteiger partial charge in [-0.3, -0.25) is 4.90 Å². The first kappa shape index (κ1) is 13.0. The van der Waals surface area contributed by atoms with Crippen LogP contribution in [0, 0.1) is 0 Å². The molecule has 3 heteroatoms. The number of hydrogen-bond acceptors (Lipinski definition) is 3. The molecule has 0 spiro atoms. The normalized spacial score (nSPS) is 11.6. The molecular formula is C15H19NO2. The lowest BCUT2D eigenvalue weighted by Gasteiger charge is -2.25. The molecule has 0 heterocycles. The summed E-state index contributed by atoms with van der Waals surface area (Å²) in [6, 6.07) is 14.3. The van der Waals surface area contributed by atoms with Gasteiger partial charge in [-0.2, -0.15) is 0 Å². The molecule has 0 unspecified atom stereocenters. The van der Waals surface area contributed by atoms with Gasteiger partial charge in [-0.05, 0) is 23.4 Å². The molecule has 0 aliphatic rings. The van der Waals surface area contributed by atoms with Crippen LogP contribution in [0.25, 0.3) is 10.8 Å². The Morgan fingerprint density at radius 2 is 1.67 bits per heavy atom. The van der Waals surface area contributed by atoms with Crippen molar-refractivity contribution in [2.24, 2.45) is 0 Å². The summed E-state index contributed by atoms with van der Waals surface area (Å²) in [5.41, 5.74) is 1.21. The van der Waals surface area contributed by atoms with Crippen molar-refractivity contribution in [1.82, 2.24) is 4.90 Å². The number of aliphatic hydroxyl groups is 2. The molecule has 3 nitrogen and oxygen atoms in total. The Morgan fingerprint density at radius 1 is 1.00 bits per heavy atom. The zero-order valence-corrected chi connectivity index (χ0v) is 10.6. The fourth-order valence-electron chi connectivity index (χ4n) is 2.16. The quantitative estimate of drug-likeness (QED) is 0.841. The van der Waals surface area contributed by atoms with Crippen molar-refractivity contribution in [2.45, 2.75) is 12.6 Å². The van der Waals surface area contributed by atoms with Crippen molar-refractivity contribution in [1.29, 1.82) is 0 Å². The fraction of sp³-hybridized carbons (Fsp3) is 0.333. The summed E-state index contributed by atoms with van der Waals surface area (Å²) in [6.07, 6.45) is 0. The minimum Gasteiger partial charge on any atom is -0.395 e. The third-order valence-corrected chi connectivity index (χ3v) is 3.34. The van der Waals surface area contributed by atoms with Crippen LogP contribution in [0.1, 0.15) is 5.56 Å². The van der Waals surface area contributed by atoms with Crippen molar-refractivity contribution in [3.05, 3.63) is 48.0 Å². The molecule has 0 atom stereocenters. The Labute approximate surface area is 107 Å². The van der Waals surface area contributed by atoms with E-state index in [0.717, 1.165) is 0 Å². The molecular weight excluding hydrogens is 226 g/mol. The van der Waals surface area contributed by atoms with Gasteiger partial charge in [0.25, 0.3) is 0 Å². The molecule has 2 N–H and O–H groups in total. The van der Waals surface area contributed by atoms with Gasteiger partial charge in [-0.15, -0.1) is 0 Å². The Morgan fingerprint density at radius 3 is 2.39 bits per heavy atom. The summed E-state index contributed by atoms with van der Waals surface area (Å²) in [6.45, 7) is 0.655. The number of rotatable bonds is 5. The highest BCUT2D eigenvalue weighted by atomic mass is 16.3. The van der Waals surface area contributed by atoms with Crippen LogP contribution in [0.2, 0.25) is 0 Å². The van der Waals surface area contributed by atoms with E-state index in [1.165, 1.54) is 16.3 Å². The number of nitrogens with zero attached hydrogens (tertiary/aromatic N) is 1. The second-order valence-corrected chi connectivity index (χ2v) is 4.57. The van der Waals surface area contributed by atoms with Crippen LogP contribution in [-0.4, -0.2) is 41.4 Å². The first-order valence-electron chi connectivity index (χ1n) is 6.15. The molecule has 0 fully saturated rings. The predicted molar refractivity (Wildman–Crippen MR) is 73.4 cm³/mol. The molecule has 0 aromatic heterocycles. The second-order valence-electron chi connectivity index (χ2n) is 4.57. The highest BCUT2D eigenvalue weighted by molar-refractivity contribution is 5.85. The summed E-state index contributed by atoms with van der Waals surface area (Å²) < 4.78 is 0. The van der Waals surface area contributed by atoms with E-state index in [1.54, 1.807) is 0 Å². The molecule has 96 valence electrons. The van der Waals surface area contributed by atoms with E-state index >= 15 is 0 Å². The van der Waals surface area contributed by atoms with Crippen LogP contribution < -0.4 is 0 Å². The third kappa shape index (κ3) is 2.70. The Hall–Kier alpha value is -1.42. The maximum Gasteiger partial charge on any atom is 0.0609 e.